The first-order chi connectivity index (χ1) is 9.31. The molecule has 1 aromatic rings. The Morgan fingerprint density at radius 3 is 3.00 bits per heavy atom. The summed E-state index contributed by atoms with van der Waals surface area (Å²) in [5.41, 5.74) is 0. The van der Waals surface area contributed by atoms with Crippen LogP contribution in [-0.4, -0.2) is 49.8 Å². The molecule has 0 radical (unpaired) electrons. The van der Waals surface area contributed by atoms with Gasteiger partial charge in [-0.2, -0.15) is 0 Å². The average molecular weight is 285 g/mol. The van der Waals surface area contributed by atoms with Gasteiger partial charge < -0.3 is 10.4 Å². The molecule has 108 valence electrons. The molecule has 0 saturated heterocycles. The van der Waals surface area contributed by atoms with Crippen LogP contribution in [0.3, 0.4) is 0 Å². The molecule has 2 atom stereocenters. The summed E-state index contributed by atoms with van der Waals surface area (Å²) < 4.78 is 1.83. The molecule has 6 nitrogen and oxygen atoms in total. The highest BCUT2D eigenvalue weighted by atomic mass is 32.2. The first-order valence-electron chi connectivity index (χ1n) is 7.13. The Balaban J connectivity index is 1.84. The summed E-state index contributed by atoms with van der Waals surface area (Å²) in [5.74, 6) is 0. The molecular weight excluding hydrogens is 262 g/mol. The molecule has 0 aromatic carbocycles. The van der Waals surface area contributed by atoms with Crippen molar-refractivity contribution in [3.63, 3.8) is 0 Å². The Hall–Kier alpha value is -0.660. The van der Waals surface area contributed by atoms with Crippen LogP contribution in [0.2, 0.25) is 0 Å². The molecule has 7 heteroatoms. The summed E-state index contributed by atoms with van der Waals surface area (Å²) in [4.78, 5) is 0. The predicted molar refractivity (Wildman–Crippen MR) is 75.1 cm³/mol. The van der Waals surface area contributed by atoms with Crippen LogP contribution in [0.5, 0.6) is 0 Å². The number of nitrogens with zero attached hydrogens (tertiary/aromatic N) is 4. The van der Waals surface area contributed by atoms with Crippen LogP contribution < -0.4 is 5.32 Å². The molecule has 1 fully saturated rings. The monoisotopic (exact) mass is 285 g/mol. The minimum absolute atomic E-state index is 0.220. The van der Waals surface area contributed by atoms with Gasteiger partial charge in [-0.15, -0.1) is 5.10 Å². The number of aliphatic hydroxyl groups is 1. The van der Waals surface area contributed by atoms with Gasteiger partial charge in [-0.25, -0.2) is 4.68 Å². The number of rotatable bonds is 7. The van der Waals surface area contributed by atoms with Crippen molar-refractivity contribution < 1.29 is 5.11 Å². The zero-order chi connectivity index (χ0) is 13.5. The number of nitrogens with one attached hydrogen (secondary N) is 1. The van der Waals surface area contributed by atoms with E-state index in [1.54, 1.807) is 11.8 Å². The van der Waals surface area contributed by atoms with E-state index in [1.165, 1.54) is 6.42 Å². The molecule has 19 heavy (non-hydrogen) atoms. The van der Waals surface area contributed by atoms with Gasteiger partial charge in [0.05, 0.1) is 12.6 Å². The van der Waals surface area contributed by atoms with Gasteiger partial charge in [0.15, 0.2) is 0 Å². The largest absolute Gasteiger partial charge is 0.392 e. The molecule has 0 amide bonds. The fraction of sp³-hybridized carbons (Fsp3) is 0.917. The highest BCUT2D eigenvalue weighted by Gasteiger charge is 2.26. The Morgan fingerprint density at radius 2 is 2.21 bits per heavy atom. The lowest BCUT2D eigenvalue weighted by Crippen LogP contribution is -2.27. The van der Waals surface area contributed by atoms with Gasteiger partial charge in [-0.1, -0.05) is 31.5 Å². The van der Waals surface area contributed by atoms with Gasteiger partial charge in [-0.05, 0) is 36.2 Å². The Labute approximate surface area is 118 Å². The summed E-state index contributed by atoms with van der Waals surface area (Å²) in [7, 11) is 0. The van der Waals surface area contributed by atoms with Crippen molar-refractivity contribution in [3.05, 3.63) is 0 Å². The second-order valence-electron chi connectivity index (χ2n) is 4.94. The maximum atomic E-state index is 9.99. The van der Waals surface area contributed by atoms with E-state index >= 15 is 0 Å². The van der Waals surface area contributed by atoms with Crippen LogP contribution >= 0.6 is 11.8 Å². The Bertz CT molecular complexity index is 373. The molecule has 2 N–H and O–H groups in total. The van der Waals surface area contributed by atoms with Crippen LogP contribution in [0.1, 0.15) is 39.0 Å². The maximum Gasteiger partial charge on any atom is 0.209 e. The highest BCUT2D eigenvalue weighted by Crippen LogP contribution is 2.32. The van der Waals surface area contributed by atoms with E-state index in [0.29, 0.717) is 0 Å². The quantitative estimate of drug-likeness (QED) is 0.730. The third kappa shape index (κ3) is 4.43. The number of hydrogen-bond donors (Lipinski definition) is 2. The predicted octanol–water partition coefficient (Wildman–Crippen LogP) is 1.07. The fourth-order valence-electron chi connectivity index (χ4n) is 2.26. The van der Waals surface area contributed by atoms with Crippen LogP contribution in [-0.2, 0) is 6.54 Å². The molecule has 1 heterocycles. The van der Waals surface area contributed by atoms with E-state index < -0.39 is 0 Å². The van der Waals surface area contributed by atoms with Gasteiger partial charge >= 0.3 is 0 Å². The van der Waals surface area contributed by atoms with Crippen molar-refractivity contribution in [1.82, 2.24) is 25.5 Å². The van der Waals surface area contributed by atoms with Crippen molar-refractivity contribution in [2.75, 3.05) is 13.1 Å². The van der Waals surface area contributed by atoms with Crippen LogP contribution in [0, 0.1) is 0 Å². The zero-order valence-electron chi connectivity index (χ0n) is 11.5. The summed E-state index contributed by atoms with van der Waals surface area (Å²) in [6, 6.07) is 0. The third-order valence-corrected chi connectivity index (χ3v) is 4.71. The molecule has 1 saturated carbocycles. The second kappa shape index (κ2) is 7.81. The van der Waals surface area contributed by atoms with Gasteiger partial charge in [0.2, 0.25) is 5.16 Å². The number of thioether (sulfide) groups is 1. The first-order valence-corrected chi connectivity index (χ1v) is 8.01. The van der Waals surface area contributed by atoms with E-state index in [1.807, 2.05) is 4.68 Å². The van der Waals surface area contributed by atoms with Gasteiger partial charge in [-0.3, -0.25) is 0 Å². The molecule has 0 bridgehead atoms. The number of hydrogen-bond acceptors (Lipinski definition) is 6. The molecule has 1 aromatic heterocycles. The summed E-state index contributed by atoms with van der Waals surface area (Å²) >= 11 is 1.62. The topological polar surface area (TPSA) is 75.9 Å². The van der Waals surface area contributed by atoms with Crippen LogP contribution in [0.4, 0.5) is 0 Å². The molecule has 0 spiro atoms. The molecular formula is C12H23N5OS. The fourth-order valence-corrected chi connectivity index (χ4v) is 3.44. The Morgan fingerprint density at radius 1 is 1.37 bits per heavy atom. The van der Waals surface area contributed by atoms with Crippen molar-refractivity contribution in [3.8, 4) is 0 Å². The summed E-state index contributed by atoms with van der Waals surface area (Å²) in [6.07, 6.45) is 5.18. The lowest BCUT2D eigenvalue weighted by molar-refractivity contribution is 0.136. The van der Waals surface area contributed by atoms with E-state index in [9.17, 15) is 5.11 Å². The number of aromatic nitrogens is 4. The Kier molecular flexibility index (Phi) is 6.06. The van der Waals surface area contributed by atoms with Gasteiger partial charge in [0.25, 0.3) is 0 Å². The number of aliphatic hydroxyl groups excluding tert-OH is 1. The van der Waals surface area contributed by atoms with E-state index in [0.717, 1.165) is 50.5 Å². The standard InChI is InChI=1S/C12H23N5OS/c1-2-7-13-8-9-17-12(14-15-16-17)19-11-6-4-3-5-10(11)18/h10-11,13,18H,2-9H2,1H3. The van der Waals surface area contributed by atoms with Crippen molar-refractivity contribution in [2.24, 2.45) is 0 Å². The van der Waals surface area contributed by atoms with Crippen molar-refractivity contribution in [2.45, 2.75) is 62.1 Å². The second-order valence-corrected chi connectivity index (χ2v) is 6.15. The van der Waals surface area contributed by atoms with Crippen molar-refractivity contribution in [1.29, 1.82) is 0 Å². The normalized spacial score (nSPS) is 23.7. The zero-order valence-corrected chi connectivity index (χ0v) is 12.3. The van der Waals surface area contributed by atoms with E-state index in [4.69, 9.17) is 0 Å². The SMILES string of the molecule is CCCNCCn1nnnc1SC1CCCCC1O. The molecule has 2 unspecified atom stereocenters. The smallest absolute Gasteiger partial charge is 0.209 e. The third-order valence-electron chi connectivity index (χ3n) is 3.35. The molecule has 1 aliphatic rings. The van der Waals surface area contributed by atoms with E-state index in [2.05, 4.69) is 27.8 Å². The van der Waals surface area contributed by atoms with Gasteiger partial charge in [0, 0.05) is 11.8 Å². The minimum Gasteiger partial charge on any atom is -0.392 e. The summed E-state index contributed by atoms with van der Waals surface area (Å²) in [6.45, 7) is 4.82. The summed E-state index contributed by atoms with van der Waals surface area (Å²) in [5, 5.41) is 26.2. The number of tetrazole rings is 1. The highest BCUT2D eigenvalue weighted by molar-refractivity contribution is 7.99. The van der Waals surface area contributed by atoms with Crippen molar-refractivity contribution >= 4 is 11.8 Å². The van der Waals surface area contributed by atoms with Gasteiger partial charge in [0.1, 0.15) is 0 Å². The van der Waals surface area contributed by atoms with Crippen LogP contribution in [0.15, 0.2) is 5.16 Å². The minimum atomic E-state index is -0.220. The molecule has 2 rings (SSSR count). The lowest BCUT2D eigenvalue weighted by Gasteiger charge is -2.26. The molecule has 0 aliphatic heterocycles. The first kappa shape index (κ1) is 14.7. The molecule has 1 aliphatic carbocycles. The lowest BCUT2D eigenvalue weighted by atomic mass is 9.97. The van der Waals surface area contributed by atoms with Crippen LogP contribution in [0.25, 0.3) is 0 Å². The van der Waals surface area contributed by atoms with E-state index in [-0.39, 0.29) is 11.4 Å². The average Bonchev–Trinajstić information content (AvgIpc) is 2.85. The maximum absolute atomic E-state index is 9.99.